The number of carbonyl (C=O) groups is 1. The highest BCUT2D eigenvalue weighted by Gasteiger charge is 2.29. The lowest BCUT2D eigenvalue weighted by molar-refractivity contribution is -0.131. The summed E-state index contributed by atoms with van der Waals surface area (Å²) in [7, 11) is 0. The SMILES string of the molecule is Cc1ccc(N2CCN(C3CCC(=O)N(Cc4ccccc4Cl)CC3)CC2)c(C)c1. The Balaban J connectivity index is 1.34. The molecule has 2 aromatic carbocycles. The molecule has 2 fully saturated rings. The van der Waals surface area contributed by atoms with E-state index in [1.54, 1.807) is 0 Å². The van der Waals surface area contributed by atoms with Crippen molar-refractivity contribution in [2.45, 2.75) is 45.7 Å². The largest absolute Gasteiger partial charge is 0.369 e. The number of hydrogen-bond acceptors (Lipinski definition) is 3. The predicted molar refractivity (Wildman–Crippen MR) is 124 cm³/mol. The summed E-state index contributed by atoms with van der Waals surface area (Å²) in [6.07, 6.45) is 2.63. The lowest BCUT2D eigenvalue weighted by Crippen LogP contribution is -2.50. The Bertz CT molecular complexity index is 892. The average molecular weight is 426 g/mol. The normalized spacial score (nSPS) is 21.0. The van der Waals surface area contributed by atoms with Crippen molar-refractivity contribution in [1.29, 1.82) is 0 Å². The monoisotopic (exact) mass is 425 g/mol. The molecule has 2 aliphatic rings. The van der Waals surface area contributed by atoms with Gasteiger partial charge < -0.3 is 9.80 Å². The Hall–Kier alpha value is -2.04. The van der Waals surface area contributed by atoms with Gasteiger partial charge in [0.1, 0.15) is 0 Å². The number of anilines is 1. The van der Waals surface area contributed by atoms with Gasteiger partial charge in [-0.2, -0.15) is 0 Å². The minimum absolute atomic E-state index is 0.256. The van der Waals surface area contributed by atoms with Crippen LogP contribution in [-0.4, -0.2) is 54.5 Å². The third-order valence-corrected chi connectivity index (χ3v) is 6.99. The van der Waals surface area contributed by atoms with E-state index >= 15 is 0 Å². The highest BCUT2D eigenvalue weighted by molar-refractivity contribution is 6.31. The van der Waals surface area contributed by atoms with Gasteiger partial charge in [-0.15, -0.1) is 0 Å². The Kier molecular flexibility index (Phi) is 6.64. The standard InChI is InChI=1S/C25H32ClN3O/c1-19-7-9-24(20(2)17-19)28-15-13-27(14-16-28)22-8-10-25(30)29(12-11-22)18-21-5-3-4-6-23(21)26/h3-7,9,17,22H,8,10-16,18H2,1-2H3. The molecule has 1 amide bonds. The zero-order chi connectivity index (χ0) is 21.1. The van der Waals surface area contributed by atoms with Crippen LogP contribution in [0.1, 0.15) is 36.0 Å². The van der Waals surface area contributed by atoms with Crippen LogP contribution in [0.5, 0.6) is 0 Å². The zero-order valence-corrected chi connectivity index (χ0v) is 18.9. The van der Waals surface area contributed by atoms with Crippen LogP contribution in [0.3, 0.4) is 0 Å². The second-order valence-corrected chi connectivity index (χ2v) is 9.11. The summed E-state index contributed by atoms with van der Waals surface area (Å²) in [5, 5.41) is 0.744. The molecule has 0 bridgehead atoms. The second kappa shape index (κ2) is 9.40. The van der Waals surface area contributed by atoms with Crippen molar-refractivity contribution in [1.82, 2.24) is 9.80 Å². The van der Waals surface area contributed by atoms with Crippen molar-refractivity contribution in [3.8, 4) is 0 Å². The van der Waals surface area contributed by atoms with Gasteiger partial charge in [-0.05, 0) is 49.9 Å². The van der Waals surface area contributed by atoms with Gasteiger partial charge in [-0.3, -0.25) is 9.69 Å². The number of piperazine rings is 1. The summed E-state index contributed by atoms with van der Waals surface area (Å²) in [6.45, 7) is 10.0. The first kappa shape index (κ1) is 21.2. The van der Waals surface area contributed by atoms with Crippen molar-refractivity contribution in [2.75, 3.05) is 37.6 Å². The fourth-order valence-corrected chi connectivity index (χ4v) is 5.07. The van der Waals surface area contributed by atoms with Crippen LogP contribution < -0.4 is 4.90 Å². The summed E-state index contributed by atoms with van der Waals surface area (Å²) in [5.41, 5.74) is 5.08. The van der Waals surface area contributed by atoms with Gasteiger partial charge in [-0.1, -0.05) is 47.5 Å². The van der Waals surface area contributed by atoms with E-state index in [0.717, 1.165) is 56.2 Å². The lowest BCUT2D eigenvalue weighted by atomic mass is 10.1. The van der Waals surface area contributed by atoms with Crippen molar-refractivity contribution in [2.24, 2.45) is 0 Å². The summed E-state index contributed by atoms with van der Waals surface area (Å²) in [6, 6.07) is 15.1. The molecule has 4 nitrogen and oxygen atoms in total. The van der Waals surface area contributed by atoms with Crippen LogP contribution in [0.15, 0.2) is 42.5 Å². The number of likely N-dealkylation sites (tertiary alicyclic amines) is 1. The van der Waals surface area contributed by atoms with E-state index in [-0.39, 0.29) is 5.91 Å². The number of nitrogens with zero attached hydrogens (tertiary/aromatic N) is 3. The summed E-state index contributed by atoms with van der Waals surface area (Å²) in [4.78, 5) is 19.8. The number of halogens is 1. The molecule has 2 aliphatic heterocycles. The lowest BCUT2D eigenvalue weighted by Gasteiger charge is -2.40. The number of benzene rings is 2. The van der Waals surface area contributed by atoms with Crippen LogP contribution in [0.25, 0.3) is 0 Å². The maximum atomic E-state index is 12.7. The summed E-state index contributed by atoms with van der Waals surface area (Å²) in [5.74, 6) is 0.256. The van der Waals surface area contributed by atoms with Gasteiger partial charge in [0, 0.05) is 62.4 Å². The molecule has 1 unspecified atom stereocenters. The van der Waals surface area contributed by atoms with Crippen molar-refractivity contribution < 1.29 is 4.79 Å². The first-order valence-electron chi connectivity index (χ1n) is 11.1. The fraction of sp³-hybridized carbons (Fsp3) is 0.480. The minimum Gasteiger partial charge on any atom is -0.369 e. The van der Waals surface area contributed by atoms with E-state index in [4.69, 9.17) is 11.6 Å². The Morgan fingerprint density at radius 2 is 1.73 bits per heavy atom. The molecular weight excluding hydrogens is 394 g/mol. The smallest absolute Gasteiger partial charge is 0.222 e. The molecule has 0 saturated carbocycles. The number of carbonyl (C=O) groups excluding carboxylic acids is 1. The Labute approximate surface area is 185 Å². The van der Waals surface area contributed by atoms with Crippen LogP contribution in [0.2, 0.25) is 5.02 Å². The van der Waals surface area contributed by atoms with Crippen molar-refractivity contribution in [3.63, 3.8) is 0 Å². The van der Waals surface area contributed by atoms with E-state index in [2.05, 4.69) is 41.8 Å². The molecule has 2 heterocycles. The molecule has 0 radical (unpaired) electrons. The molecule has 30 heavy (non-hydrogen) atoms. The van der Waals surface area contributed by atoms with E-state index < -0.39 is 0 Å². The molecule has 160 valence electrons. The van der Waals surface area contributed by atoms with Crippen LogP contribution in [0, 0.1) is 13.8 Å². The van der Waals surface area contributed by atoms with E-state index in [0.29, 0.717) is 19.0 Å². The summed E-state index contributed by atoms with van der Waals surface area (Å²) >= 11 is 6.32. The highest BCUT2D eigenvalue weighted by atomic mass is 35.5. The fourth-order valence-electron chi connectivity index (χ4n) is 4.87. The number of amides is 1. The minimum atomic E-state index is 0.256. The molecule has 0 aromatic heterocycles. The summed E-state index contributed by atoms with van der Waals surface area (Å²) < 4.78 is 0. The van der Waals surface area contributed by atoms with Gasteiger partial charge in [-0.25, -0.2) is 0 Å². The van der Waals surface area contributed by atoms with Crippen molar-refractivity contribution in [3.05, 3.63) is 64.2 Å². The quantitative estimate of drug-likeness (QED) is 0.712. The molecular formula is C25H32ClN3O. The molecule has 2 aromatic rings. The van der Waals surface area contributed by atoms with Gasteiger partial charge in [0.05, 0.1) is 0 Å². The van der Waals surface area contributed by atoms with Gasteiger partial charge in [0.2, 0.25) is 5.91 Å². The molecule has 1 atom stereocenters. The van der Waals surface area contributed by atoms with Crippen LogP contribution in [0.4, 0.5) is 5.69 Å². The second-order valence-electron chi connectivity index (χ2n) is 8.70. The molecule has 0 N–H and O–H groups in total. The first-order valence-corrected chi connectivity index (χ1v) is 11.5. The van der Waals surface area contributed by atoms with E-state index in [9.17, 15) is 4.79 Å². The molecule has 5 heteroatoms. The van der Waals surface area contributed by atoms with Crippen molar-refractivity contribution >= 4 is 23.2 Å². The molecule has 0 spiro atoms. The Morgan fingerprint density at radius 3 is 2.47 bits per heavy atom. The number of aryl methyl sites for hydroxylation is 2. The number of rotatable bonds is 4. The average Bonchev–Trinajstić information content (AvgIpc) is 2.92. The van der Waals surface area contributed by atoms with Gasteiger partial charge in [0.15, 0.2) is 0 Å². The highest BCUT2D eigenvalue weighted by Crippen LogP contribution is 2.26. The van der Waals surface area contributed by atoms with E-state index in [1.165, 1.54) is 16.8 Å². The van der Waals surface area contributed by atoms with E-state index in [1.807, 2.05) is 29.2 Å². The molecule has 0 aliphatic carbocycles. The zero-order valence-electron chi connectivity index (χ0n) is 18.1. The van der Waals surface area contributed by atoms with Gasteiger partial charge >= 0.3 is 0 Å². The van der Waals surface area contributed by atoms with Crippen LogP contribution in [-0.2, 0) is 11.3 Å². The topological polar surface area (TPSA) is 26.8 Å². The van der Waals surface area contributed by atoms with Crippen LogP contribution >= 0.6 is 11.6 Å². The maximum absolute atomic E-state index is 12.7. The maximum Gasteiger partial charge on any atom is 0.222 e. The first-order chi connectivity index (χ1) is 14.5. The third-order valence-electron chi connectivity index (χ3n) is 6.62. The molecule has 2 saturated heterocycles. The van der Waals surface area contributed by atoms with Gasteiger partial charge in [0.25, 0.3) is 0 Å². The predicted octanol–water partition coefficient (Wildman–Crippen LogP) is 4.66. The molecule has 4 rings (SSSR count). The third kappa shape index (κ3) is 4.81. The Morgan fingerprint density at radius 1 is 0.967 bits per heavy atom. The number of hydrogen-bond donors (Lipinski definition) is 0.